The maximum absolute atomic E-state index is 12.7. The lowest BCUT2D eigenvalue weighted by molar-refractivity contribution is -0.113. The number of carbonyl (C=O) groups is 2. The van der Waals surface area contributed by atoms with Crippen molar-refractivity contribution in [2.24, 2.45) is 0 Å². The van der Waals surface area contributed by atoms with Crippen LogP contribution in [0.4, 0.5) is 5.69 Å². The molecular weight excluding hydrogens is 474 g/mol. The number of rotatable bonds is 10. The van der Waals surface area contributed by atoms with Crippen LogP contribution in [0.15, 0.2) is 84.5 Å². The maximum Gasteiger partial charge on any atom is 0.251 e. The van der Waals surface area contributed by atoms with Gasteiger partial charge in [-0.05, 0) is 42.6 Å². The van der Waals surface area contributed by atoms with Crippen LogP contribution in [0.2, 0.25) is 0 Å². The summed E-state index contributed by atoms with van der Waals surface area (Å²) in [5.74, 6) is 1.03. The molecule has 0 saturated heterocycles. The molecule has 1 heterocycles. The van der Waals surface area contributed by atoms with E-state index in [9.17, 15) is 9.59 Å². The first kappa shape index (κ1) is 25.0. The Bertz CT molecular complexity index is 1380. The van der Waals surface area contributed by atoms with Crippen LogP contribution in [0.3, 0.4) is 0 Å². The molecule has 36 heavy (non-hydrogen) atoms. The predicted octanol–water partition coefficient (Wildman–Crippen LogP) is 4.85. The molecule has 0 bridgehead atoms. The molecule has 1 aromatic heterocycles. The number of nitrogens with one attached hydrogen (secondary N) is 2. The molecule has 3 aromatic carbocycles. The van der Waals surface area contributed by atoms with Crippen LogP contribution in [-0.2, 0) is 11.3 Å². The second-order valence-electron chi connectivity index (χ2n) is 8.03. The lowest BCUT2D eigenvalue weighted by Crippen LogP contribution is -2.28. The quantitative estimate of drug-likeness (QED) is 0.238. The normalized spacial score (nSPS) is 11.6. The molecule has 2 N–H and O–H groups in total. The largest absolute Gasteiger partial charge is 0.497 e. The van der Waals surface area contributed by atoms with Crippen LogP contribution in [0.25, 0.3) is 10.8 Å². The molecule has 0 fully saturated rings. The summed E-state index contributed by atoms with van der Waals surface area (Å²) in [4.78, 5) is 25.4. The lowest BCUT2D eigenvalue weighted by atomic mass is 10.1. The number of allylic oxidation sites excluding steroid dienone is 1. The Morgan fingerprint density at radius 3 is 2.58 bits per heavy atom. The molecule has 0 saturated carbocycles. The van der Waals surface area contributed by atoms with Gasteiger partial charge in [0.1, 0.15) is 5.75 Å². The van der Waals surface area contributed by atoms with Gasteiger partial charge in [-0.1, -0.05) is 54.2 Å². The molecule has 8 nitrogen and oxygen atoms in total. The number of anilines is 1. The summed E-state index contributed by atoms with van der Waals surface area (Å²) in [5.41, 5.74) is 1.28. The first-order valence-electron chi connectivity index (χ1n) is 11.4. The minimum absolute atomic E-state index is 0.146. The van der Waals surface area contributed by atoms with Crippen molar-refractivity contribution in [1.29, 1.82) is 0 Å². The van der Waals surface area contributed by atoms with Gasteiger partial charge in [0.15, 0.2) is 11.0 Å². The van der Waals surface area contributed by atoms with E-state index in [1.54, 1.807) is 37.5 Å². The van der Waals surface area contributed by atoms with Gasteiger partial charge in [-0.2, -0.15) is 0 Å². The minimum atomic E-state index is -0.411. The number of hydrogen-bond donors (Lipinski definition) is 2. The van der Waals surface area contributed by atoms with E-state index in [1.165, 1.54) is 11.8 Å². The van der Waals surface area contributed by atoms with Gasteiger partial charge in [-0.3, -0.25) is 9.59 Å². The Balaban J connectivity index is 1.42. The number of methoxy groups -OCH3 is 1. The number of thioether (sulfide) groups is 1. The first-order valence-corrected chi connectivity index (χ1v) is 12.4. The van der Waals surface area contributed by atoms with E-state index in [1.807, 2.05) is 54.0 Å². The number of nitrogens with zero attached hydrogens (tertiary/aromatic N) is 3. The number of fused-ring (bicyclic) bond motifs is 1. The standard InChI is InChI=1S/C27H27N5O3S/c1-4-16-32-25(18(2)28-26(34)20-12-14-21(35-3)15-13-20)30-31-27(32)36-17-24(33)29-23-11-7-9-19-8-5-6-10-22(19)23/h4-15,18H,1,16-17H2,2-3H3,(H,28,34)(H,29,33)/t18-/m1/s1. The minimum Gasteiger partial charge on any atom is -0.497 e. The molecule has 0 aliphatic heterocycles. The van der Waals surface area contributed by atoms with Crippen LogP contribution < -0.4 is 15.4 Å². The number of hydrogen-bond acceptors (Lipinski definition) is 6. The van der Waals surface area contributed by atoms with Crippen molar-refractivity contribution in [1.82, 2.24) is 20.1 Å². The Morgan fingerprint density at radius 2 is 1.83 bits per heavy atom. The van der Waals surface area contributed by atoms with E-state index in [0.29, 0.717) is 28.8 Å². The average molecular weight is 502 g/mol. The van der Waals surface area contributed by atoms with Crippen LogP contribution in [0.5, 0.6) is 5.75 Å². The zero-order chi connectivity index (χ0) is 25.5. The van der Waals surface area contributed by atoms with Gasteiger partial charge in [-0.15, -0.1) is 16.8 Å². The molecule has 0 aliphatic carbocycles. The van der Waals surface area contributed by atoms with Crippen molar-refractivity contribution in [2.75, 3.05) is 18.2 Å². The second-order valence-corrected chi connectivity index (χ2v) is 8.97. The SMILES string of the molecule is C=CCn1c(SCC(=O)Nc2cccc3ccccc23)nnc1[C@@H](C)NC(=O)c1ccc(OC)cc1. The molecule has 0 unspecified atom stereocenters. The van der Waals surface area contributed by atoms with Crippen molar-refractivity contribution in [3.05, 3.63) is 90.8 Å². The van der Waals surface area contributed by atoms with E-state index in [2.05, 4.69) is 27.4 Å². The Labute approximate surface area is 213 Å². The Morgan fingerprint density at radius 1 is 1.08 bits per heavy atom. The molecule has 4 rings (SSSR count). The molecular formula is C27H27N5O3S. The summed E-state index contributed by atoms with van der Waals surface area (Å²) in [6, 6.07) is 20.2. The van der Waals surface area contributed by atoms with E-state index in [0.717, 1.165) is 16.5 Å². The van der Waals surface area contributed by atoms with Crippen molar-refractivity contribution < 1.29 is 14.3 Å². The fourth-order valence-electron chi connectivity index (χ4n) is 3.77. The Kier molecular flexibility index (Phi) is 8.02. The smallest absolute Gasteiger partial charge is 0.251 e. The maximum atomic E-state index is 12.7. The lowest BCUT2D eigenvalue weighted by Gasteiger charge is -2.15. The van der Waals surface area contributed by atoms with Crippen LogP contribution in [0.1, 0.15) is 29.1 Å². The van der Waals surface area contributed by atoms with Crippen molar-refractivity contribution in [3.8, 4) is 5.75 Å². The summed E-state index contributed by atoms with van der Waals surface area (Å²) < 4.78 is 6.99. The monoisotopic (exact) mass is 501 g/mol. The summed E-state index contributed by atoms with van der Waals surface area (Å²) >= 11 is 1.28. The van der Waals surface area contributed by atoms with Crippen molar-refractivity contribution >= 4 is 40.0 Å². The number of benzene rings is 3. The highest BCUT2D eigenvalue weighted by molar-refractivity contribution is 7.99. The zero-order valence-corrected chi connectivity index (χ0v) is 20.9. The Hall–Kier alpha value is -4.11. The third-order valence-corrected chi connectivity index (χ3v) is 6.51. The third kappa shape index (κ3) is 5.75. The number of amides is 2. The zero-order valence-electron chi connectivity index (χ0n) is 20.1. The number of ether oxygens (including phenoxy) is 1. The van der Waals surface area contributed by atoms with Gasteiger partial charge >= 0.3 is 0 Å². The van der Waals surface area contributed by atoms with E-state index in [4.69, 9.17) is 4.74 Å². The van der Waals surface area contributed by atoms with Crippen molar-refractivity contribution in [2.45, 2.75) is 24.7 Å². The van der Waals surface area contributed by atoms with Gasteiger partial charge < -0.3 is 19.9 Å². The molecule has 9 heteroatoms. The molecule has 0 aliphatic rings. The van der Waals surface area contributed by atoms with Crippen LogP contribution >= 0.6 is 11.8 Å². The van der Waals surface area contributed by atoms with Gasteiger partial charge in [0.05, 0.1) is 18.9 Å². The second kappa shape index (κ2) is 11.5. The van der Waals surface area contributed by atoms with Gasteiger partial charge in [-0.25, -0.2) is 0 Å². The summed E-state index contributed by atoms with van der Waals surface area (Å²) in [5, 5.41) is 17.1. The first-order chi connectivity index (χ1) is 17.5. The fraction of sp³-hybridized carbons (Fsp3) is 0.185. The van der Waals surface area contributed by atoms with Crippen LogP contribution in [0, 0.1) is 0 Å². The number of carbonyl (C=O) groups excluding carboxylic acids is 2. The van der Waals surface area contributed by atoms with Gasteiger partial charge in [0.2, 0.25) is 5.91 Å². The highest BCUT2D eigenvalue weighted by Gasteiger charge is 2.20. The highest BCUT2D eigenvalue weighted by Crippen LogP contribution is 2.25. The molecule has 184 valence electrons. The topological polar surface area (TPSA) is 98.1 Å². The highest BCUT2D eigenvalue weighted by atomic mass is 32.2. The summed E-state index contributed by atoms with van der Waals surface area (Å²) in [6.45, 7) is 6.10. The van der Waals surface area contributed by atoms with E-state index in [-0.39, 0.29) is 17.6 Å². The predicted molar refractivity (Wildman–Crippen MR) is 142 cm³/mol. The van der Waals surface area contributed by atoms with Gasteiger partial charge in [0, 0.05) is 23.2 Å². The molecule has 0 radical (unpaired) electrons. The summed E-state index contributed by atoms with van der Waals surface area (Å²) in [7, 11) is 1.58. The fourth-order valence-corrected chi connectivity index (χ4v) is 4.52. The average Bonchev–Trinajstić information content (AvgIpc) is 3.30. The summed E-state index contributed by atoms with van der Waals surface area (Å²) in [6.07, 6.45) is 1.73. The van der Waals surface area contributed by atoms with Crippen LogP contribution in [-0.4, -0.2) is 39.4 Å². The molecule has 1 atom stereocenters. The molecule has 2 amide bonds. The molecule has 0 spiro atoms. The van der Waals surface area contributed by atoms with E-state index < -0.39 is 6.04 Å². The third-order valence-electron chi connectivity index (χ3n) is 5.54. The number of aromatic nitrogens is 3. The van der Waals surface area contributed by atoms with E-state index >= 15 is 0 Å². The molecule has 4 aromatic rings. The van der Waals surface area contributed by atoms with Crippen molar-refractivity contribution in [3.63, 3.8) is 0 Å². The van der Waals surface area contributed by atoms with Gasteiger partial charge in [0.25, 0.3) is 5.91 Å².